The van der Waals surface area contributed by atoms with Gasteiger partial charge < -0.3 is 15.4 Å². The van der Waals surface area contributed by atoms with Gasteiger partial charge in [0.15, 0.2) is 0 Å². The molecule has 2 aromatic rings. The number of carbonyl (C=O) groups excluding carboxylic acids is 2. The van der Waals surface area contributed by atoms with E-state index in [4.69, 9.17) is 4.74 Å². The lowest BCUT2D eigenvalue weighted by Gasteiger charge is -2.06. The molecule has 0 fully saturated rings. The van der Waals surface area contributed by atoms with Crippen molar-refractivity contribution < 1.29 is 14.3 Å². The van der Waals surface area contributed by atoms with Crippen LogP contribution in [0.1, 0.15) is 23.0 Å². The van der Waals surface area contributed by atoms with Gasteiger partial charge in [0, 0.05) is 17.6 Å². The lowest BCUT2D eigenvalue weighted by molar-refractivity contribution is -0.112. The first kappa shape index (κ1) is 18.7. The number of pyridine rings is 1. The Bertz CT molecular complexity index is 867. The van der Waals surface area contributed by atoms with Crippen molar-refractivity contribution in [3.63, 3.8) is 0 Å². The van der Waals surface area contributed by atoms with E-state index in [0.29, 0.717) is 17.1 Å². The van der Waals surface area contributed by atoms with Gasteiger partial charge in [-0.1, -0.05) is 6.07 Å². The molecular formula is C19H18N4O3. The highest BCUT2D eigenvalue weighted by Gasteiger charge is 2.11. The molecule has 1 aromatic heterocycles. The number of ether oxygens (including phenoxy) is 1. The molecule has 7 nitrogen and oxygen atoms in total. The molecule has 0 bridgehead atoms. The quantitative estimate of drug-likeness (QED) is 0.471. The molecule has 132 valence electrons. The molecular weight excluding hydrogens is 332 g/mol. The summed E-state index contributed by atoms with van der Waals surface area (Å²) >= 11 is 0. The average molecular weight is 350 g/mol. The summed E-state index contributed by atoms with van der Waals surface area (Å²) in [6.45, 7) is 3.85. The Kier molecular flexibility index (Phi) is 6.46. The van der Waals surface area contributed by atoms with Crippen molar-refractivity contribution in [3.8, 4) is 6.07 Å². The van der Waals surface area contributed by atoms with Gasteiger partial charge in [0.2, 0.25) is 0 Å². The van der Waals surface area contributed by atoms with Crippen LogP contribution in [0.15, 0.2) is 54.2 Å². The van der Waals surface area contributed by atoms with Crippen molar-refractivity contribution in [2.45, 2.75) is 13.8 Å². The highest BCUT2D eigenvalue weighted by molar-refractivity contribution is 6.06. The first-order valence-electron chi connectivity index (χ1n) is 7.92. The predicted octanol–water partition coefficient (Wildman–Crippen LogP) is 3.02. The smallest absolute Gasteiger partial charge is 0.338 e. The zero-order valence-electron chi connectivity index (χ0n) is 14.4. The highest BCUT2D eigenvalue weighted by Crippen LogP contribution is 2.12. The third-order valence-electron chi connectivity index (χ3n) is 3.27. The second kappa shape index (κ2) is 8.99. The molecule has 2 N–H and O–H groups in total. The topological polar surface area (TPSA) is 104 Å². The highest BCUT2D eigenvalue weighted by atomic mass is 16.5. The van der Waals surface area contributed by atoms with Gasteiger partial charge in [-0.05, 0) is 50.2 Å². The molecule has 0 unspecified atom stereocenters. The van der Waals surface area contributed by atoms with Crippen LogP contribution in [0, 0.1) is 18.3 Å². The lowest BCUT2D eigenvalue weighted by Crippen LogP contribution is -2.15. The maximum absolute atomic E-state index is 12.2. The van der Waals surface area contributed by atoms with E-state index in [-0.39, 0.29) is 12.2 Å². The SMILES string of the molecule is CCOC(=O)c1ccc(NC(=O)/C(C#N)=C\Nc2cccc(C)n2)cc1. The summed E-state index contributed by atoms with van der Waals surface area (Å²) in [7, 11) is 0. The molecule has 0 aliphatic carbocycles. The minimum absolute atomic E-state index is 0.109. The normalized spacial score (nSPS) is 10.6. The average Bonchev–Trinajstić information content (AvgIpc) is 2.63. The van der Waals surface area contributed by atoms with Crippen molar-refractivity contribution >= 4 is 23.4 Å². The third-order valence-corrected chi connectivity index (χ3v) is 3.27. The zero-order chi connectivity index (χ0) is 18.9. The first-order valence-corrected chi connectivity index (χ1v) is 7.92. The number of nitriles is 1. The summed E-state index contributed by atoms with van der Waals surface area (Å²) in [5.74, 6) is -0.473. The van der Waals surface area contributed by atoms with Gasteiger partial charge in [-0.3, -0.25) is 4.79 Å². The van der Waals surface area contributed by atoms with Crippen LogP contribution in [0.5, 0.6) is 0 Å². The van der Waals surface area contributed by atoms with Crippen LogP contribution in [-0.2, 0) is 9.53 Å². The summed E-state index contributed by atoms with van der Waals surface area (Å²) in [6, 6.07) is 13.4. The number of hydrogen-bond donors (Lipinski definition) is 2. The fourth-order valence-corrected chi connectivity index (χ4v) is 2.02. The van der Waals surface area contributed by atoms with E-state index in [1.54, 1.807) is 25.1 Å². The number of rotatable bonds is 6. The molecule has 2 rings (SSSR count). The summed E-state index contributed by atoms with van der Waals surface area (Å²) < 4.78 is 4.89. The van der Waals surface area contributed by atoms with E-state index in [0.717, 1.165) is 5.69 Å². The Morgan fingerprint density at radius 1 is 1.23 bits per heavy atom. The molecule has 0 aliphatic heterocycles. The van der Waals surface area contributed by atoms with Crippen LogP contribution in [0.25, 0.3) is 0 Å². The van der Waals surface area contributed by atoms with E-state index in [1.807, 2.05) is 25.1 Å². The molecule has 0 spiro atoms. The zero-order valence-corrected chi connectivity index (χ0v) is 14.4. The second-order valence-electron chi connectivity index (χ2n) is 5.23. The van der Waals surface area contributed by atoms with E-state index < -0.39 is 11.9 Å². The molecule has 1 heterocycles. The number of amides is 1. The summed E-state index contributed by atoms with van der Waals surface area (Å²) in [4.78, 5) is 28.0. The molecule has 0 radical (unpaired) electrons. The van der Waals surface area contributed by atoms with Crippen LogP contribution in [0.3, 0.4) is 0 Å². The number of aryl methyl sites for hydroxylation is 1. The minimum atomic E-state index is -0.573. The predicted molar refractivity (Wildman–Crippen MR) is 97.3 cm³/mol. The van der Waals surface area contributed by atoms with Gasteiger partial charge in [0.25, 0.3) is 5.91 Å². The number of hydrogen-bond acceptors (Lipinski definition) is 6. The summed E-state index contributed by atoms with van der Waals surface area (Å²) in [5, 5.41) is 14.6. The maximum atomic E-state index is 12.2. The molecule has 26 heavy (non-hydrogen) atoms. The van der Waals surface area contributed by atoms with Gasteiger partial charge in [0.1, 0.15) is 17.5 Å². The second-order valence-corrected chi connectivity index (χ2v) is 5.23. The third kappa shape index (κ3) is 5.18. The fraction of sp³-hybridized carbons (Fsp3) is 0.158. The Morgan fingerprint density at radius 2 is 1.96 bits per heavy atom. The number of nitrogens with one attached hydrogen (secondary N) is 2. The van der Waals surface area contributed by atoms with Crippen molar-refractivity contribution in [1.29, 1.82) is 5.26 Å². The molecule has 0 aliphatic rings. The number of esters is 1. The van der Waals surface area contributed by atoms with Crippen molar-refractivity contribution in [2.75, 3.05) is 17.2 Å². The van der Waals surface area contributed by atoms with Crippen LogP contribution < -0.4 is 10.6 Å². The number of benzene rings is 1. The van der Waals surface area contributed by atoms with Crippen LogP contribution in [-0.4, -0.2) is 23.5 Å². The number of carbonyl (C=O) groups is 2. The fourth-order valence-electron chi connectivity index (χ4n) is 2.02. The monoisotopic (exact) mass is 350 g/mol. The Morgan fingerprint density at radius 3 is 2.58 bits per heavy atom. The molecule has 1 aromatic carbocycles. The maximum Gasteiger partial charge on any atom is 0.338 e. The van der Waals surface area contributed by atoms with E-state index in [1.165, 1.54) is 18.3 Å². The lowest BCUT2D eigenvalue weighted by atomic mass is 10.2. The Balaban J connectivity index is 2.03. The van der Waals surface area contributed by atoms with Gasteiger partial charge in [-0.15, -0.1) is 0 Å². The van der Waals surface area contributed by atoms with Gasteiger partial charge in [0.05, 0.1) is 12.2 Å². The standard InChI is InChI=1S/C19H18N4O3/c1-3-26-19(25)14-7-9-16(10-8-14)23-18(24)15(11-20)12-21-17-6-4-5-13(2)22-17/h4-10,12H,3H2,1-2H3,(H,21,22)(H,23,24)/b15-12-. The van der Waals surface area contributed by atoms with Crippen molar-refractivity contribution in [3.05, 3.63) is 65.5 Å². The van der Waals surface area contributed by atoms with Crippen molar-refractivity contribution in [2.24, 2.45) is 0 Å². The molecule has 1 amide bonds. The Labute approximate surface area is 151 Å². The van der Waals surface area contributed by atoms with E-state index in [2.05, 4.69) is 15.6 Å². The Hall–Kier alpha value is -3.66. The van der Waals surface area contributed by atoms with Crippen LogP contribution in [0.4, 0.5) is 11.5 Å². The number of anilines is 2. The number of aromatic nitrogens is 1. The molecule has 0 atom stereocenters. The van der Waals surface area contributed by atoms with Gasteiger partial charge in [-0.2, -0.15) is 5.26 Å². The number of nitrogens with zero attached hydrogens (tertiary/aromatic N) is 2. The molecule has 0 saturated heterocycles. The summed E-state index contributed by atoms with van der Waals surface area (Å²) in [6.07, 6.45) is 1.30. The van der Waals surface area contributed by atoms with E-state index >= 15 is 0 Å². The summed E-state index contributed by atoms with van der Waals surface area (Å²) in [5.41, 5.74) is 1.54. The molecule has 7 heteroatoms. The van der Waals surface area contributed by atoms with E-state index in [9.17, 15) is 14.9 Å². The molecule has 0 saturated carbocycles. The largest absolute Gasteiger partial charge is 0.462 e. The van der Waals surface area contributed by atoms with Crippen molar-refractivity contribution in [1.82, 2.24) is 4.98 Å². The van der Waals surface area contributed by atoms with Gasteiger partial charge >= 0.3 is 5.97 Å². The van der Waals surface area contributed by atoms with Gasteiger partial charge in [-0.25, -0.2) is 9.78 Å². The van der Waals surface area contributed by atoms with Crippen LogP contribution >= 0.6 is 0 Å². The van der Waals surface area contributed by atoms with Crippen LogP contribution in [0.2, 0.25) is 0 Å². The minimum Gasteiger partial charge on any atom is -0.462 e. The first-order chi connectivity index (χ1) is 12.5.